The molecule has 0 aromatic heterocycles. The fourth-order valence-corrected chi connectivity index (χ4v) is 0.943. The highest BCUT2D eigenvalue weighted by Gasteiger charge is 2.13. The minimum absolute atomic E-state index is 0.381. The van der Waals surface area contributed by atoms with Crippen LogP contribution >= 0.6 is 0 Å². The number of nitrogens with zero attached hydrogens (tertiary/aromatic N) is 1. The van der Waals surface area contributed by atoms with Gasteiger partial charge >= 0.3 is 0 Å². The molecule has 72 valence electrons. The summed E-state index contributed by atoms with van der Waals surface area (Å²) < 4.78 is 5.62. The quantitative estimate of drug-likeness (QED) is 0.681. The number of hydrogen-bond donors (Lipinski definition) is 0. The normalized spacial score (nSPS) is 10.4. The Morgan fingerprint density at radius 3 is 2.36 bits per heavy atom. The summed E-state index contributed by atoms with van der Waals surface area (Å²) in [4.78, 5) is 0. The maximum atomic E-state index is 8.60. The molecule has 0 fully saturated rings. The summed E-state index contributed by atoms with van der Waals surface area (Å²) in [6.45, 7) is 7.54. The van der Waals surface area contributed by atoms with E-state index in [9.17, 15) is 0 Å². The SMILES string of the molecule is C=CC(C)(C)Oc1ccc(C#N)cc1. The van der Waals surface area contributed by atoms with Crippen molar-refractivity contribution in [1.29, 1.82) is 5.26 Å². The van der Waals surface area contributed by atoms with Gasteiger partial charge in [-0.3, -0.25) is 0 Å². The van der Waals surface area contributed by atoms with Crippen LogP contribution in [0.1, 0.15) is 19.4 Å². The van der Waals surface area contributed by atoms with Gasteiger partial charge in [-0.1, -0.05) is 6.58 Å². The molecule has 0 bridgehead atoms. The van der Waals surface area contributed by atoms with Gasteiger partial charge in [0.15, 0.2) is 0 Å². The molecule has 0 saturated heterocycles. The van der Waals surface area contributed by atoms with E-state index in [-0.39, 0.29) is 5.60 Å². The topological polar surface area (TPSA) is 33.0 Å². The van der Waals surface area contributed by atoms with Crippen molar-refractivity contribution in [2.45, 2.75) is 19.4 Å². The van der Waals surface area contributed by atoms with E-state index in [0.29, 0.717) is 5.56 Å². The lowest BCUT2D eigenvalue weighted by atomic mass is 10.1. The molecule has 0 heterocycles. The van der Waals surface area contributed by atoms with Crippen molar-refractivity contribution >= 4 is 0 Å². The standard InChI is InChI=1S/C12H13NO/c1-4-12(2,3)14-11-7-5-10(9-13)6-8-11/h4-8H,1H2,2-3H3. The maximum Gasteiger partial charge on any atom is 0.121 e. The van der Waals surface area contributed by atoms with E-state index in [1.807, 2.05) is 13.8 Å². The lowest BCUT2D eigenvalue weighted by Crippen LogP contribution is -2.24. The Balaban J connectivity index is 2.80. The third kappa shape index (κ3) is 2.63. The minimum Gasteiger partial charge on any atom is -0.484 e. The smallest absolute Gasteiger partial charge is 0.121 e. The lowest BCUT2D eigenvalue weighted by molar-refractivity contribution is 0.162. The summed E-state index contributed by atoms with van der Waals surface area (Å²) in [5.41, 5.74) is 0.252. The van der Waals surface area contributed by atoms with Crippen LogP contribution in [0.3, 0.4) is 0 Å². The average molecular weight is 187 g/mol. The van der Waals surface area contributed by atoms with E-state index < -0.39 is 0 Å². The van der Waals surface area contributed by atoms with Gasteiger partial charge in [0.05, 0.1) is 11.6 Å². The molecule has 0 radical (unpaired) electrons. The number of hydrogen-bond acceptors (Lipinski definition) is 2. The van der Waals surface area contributed by atoms with Gasteiger partial charge in [0.1, 0.15) is 11.4 Å². The van der Waals surface area contributed by atoms with Gasteiger partial charge in [0, 0.05) is 0 Å². The summed E-state index contributed by atoms with van der Waals surface area (Å²) in [6, 6.07) is 9.08. The number of ether oxygens (including phenoxy) is 1. The van der Waals surface area contributed by atoms with Crippen molar-refractivity contribution < 1.29 is 4.74 Å². The Hall–Kier alpha value is -1.75. The molecule has 0 N–H and O–H groups in total. The Labute approximate surface area is 84.4 Å². The summed E-state index contributed by atoms with van der Waals surface area (Å²) in [6.07, 6.45) is 1.74. The first-order valence-corrected chi connectivity index (χ1v) is 4.40. The number of nitriles is 1. The molecule has 0 atom stereocenters. The van der Waals surface area contributed by atoms with Crippen LogP contribution in [0.2, 0.25) is 0 Å². The van der Waals surface area contributed by atoms with Crippen LogP contribution in [0.5, 0.6) is 5.75 Å². The van der Waals surface area contributed by atoms with Crippen molar-refractivity contribution in [3.63, 3.8) is 0 Å². The van der Waals surface area contributed by atoms with E-state index >= 15 is 0 Å². The minimum atomic E-state index is -0.381. The summed E-state index contributed by atoms with van der Waals surface area (Å²) in [5.74, 6) is 0.744. The van der Waals surface area contributed by atoms with Gasteiger partial charge in [-0.2, -0.15) is 5.26 Å². The molecular formula is C12H13NO. The van der Waals surface area contributed by atoms with Gasteiger partial charge in [0.25, 0.3) is 0 Å². The highest BCUT2D eigenvalue weighted by molar-refractivity contribution is 5.34. The monoisotopic (exact) mass is 187 g/mol. The first kappa shape index (κ1) is 10.3. The molecule has 2 nitrogen and oxygen atoms in total. The first-order chi connectivity index (χ1) is 6.57. The van der Waals surface area contributed by atoms with E-state index in [1.54, 1.807) is 30.3 Å². The Morgan fingerprint density at radius 1 is 1.36 bits per heavy atom. The summed E-state index contributed by atoms with van der Waals surface area (Å²) >= 11 is 0. The molecule has 0 aliphatic heterocycles. The highest BCUT2D eigenvalue weighted by atomic mass is 16.5. The van der Waals surface area contributed by atoms with Crippen molar-refractivity contribution in [2.24, 2.45) is 0 Å². The second-order valence-electron chi connectivity index (χ2n) is 3.55. The second kappa shape index (κ2) is 3.97. The van der Waals surface area contributed by atoms with Crippen molar-refractivity contribution in [3.05, 3.63) is 42.5 Å². The van der Waals surface area contributed by atoms with Crippen LogP contribution in [-0.2, 0) is 0 Å². The molecule has 1 aromatic rings. The Kier molecular flexibility index (Phi) is 2.93. The number of rotatable bonds is 3. The zero-order valence-electron chi connectivity index (χ0n) is 8.45. The van der Waals surface area contributed by atoms with E-state index in [2.05, 4.69) is 12.6 Å². The van der Waals surface area contributed by atoms with Crippen LogP contribution in [0.4, 0.5) is 0 Å². The van der Waals surface area contributed by atoms with Gasteiger partial charge in [0.2, 0.25) is 0 Å². The third-order valence-corrected chi connectivity index (χ3v) is 1.86. The van der Waals surface area contributed by atoms with Crippen molar-refractivity contribution in [1.82, 2.24) is 0 Å². The Morgan fingerprint density at radius 2 is 1.93 bits per heavy atom. The fraction of sp³-hybridized carbons (Fsp3) is 0.250. The van der Waals surface area contributed by atoms with Crippen molar-refractivity contribution in [3.8, 4) is 11.8 Å². The van der Waals surface area contributed by atoms with E-state index in [1.165, 1.54) is 0 Å². The molecule has 1 rings (SSSR count). The molecule has 0 saturated carbocycles. The van der Waals surface area contributed by atoms with E-state index in [4.69, 9.17) is 10.00 Å². The predicted octanol–water partition coefficient (Wildman–Crippen LogP) is 2.90. The number of benzene rings is 1. The molecule has 0 amide bonds. The molecule has 14 heavy (non-hydrogen) atoms. The molecular weight excluding hydrogens is 174 g/mol. The second-order valence-corrected chi connectivity index (χ2v) is 3.55. The molecule has 0 unspecified atom stereocenters. The average Bonchev–Trinajstić information content (AvgIpc) is 2.19. The zero-order chi connectivity index (χ0) is 10.6. The lowest BCUT2D eigenvalue weighted by Gasteiger charge is -2.22. The van der Waals surface area contributed by atoms with Crippen molar-refractivity contribution in [2.75, 3.05) is 0 Å². The maximum absolute atomic E-state index is 8.60. The third-order valence-electron chi connectivity index (χ3n) is 1.86. The fourth-order valence-electron chi connectivity index (χ4n) is 0.943. The molecule has 0 aliphatic rings. The first-order valence-electron chi connectivity index (χ1n) is 4.40. The summed E-state index contributed by atoms with van der Waals surface area (Å²) in [7, 11) is 0. The van der Waals surface area contributed by atoms with Gasteiger partial charge in [-0.15, -0.1) is 0 Å². The largest absolute Gasteiger partial charge is 0.484 e. The molecule has 0 aliphatic carbocycles. The molecule has 1 aromatic carbocycles. The van der Waals surface area contributed by atoms with Crippen LogP contribution in [0.25, 0.3) is 0 Å². The molecule has 2 heteroatoms. The van der Waals surface area contributed by atoms with Gasteiger partial charge in [-0.05, 0) is 44.2 Å². The Bertz CT molecular complexity index is 357. The highest BCUT2D eigenvalue weighted by Crippen LogP contribution is 2.19. The van der Waals surface area contributed by atoms with Gasteiger partial charge < -0.3 is 4.74 Å². The van der Waals surface area contributed by atoms with Crippen LogP contribution in [-0.4, -0.2) is 5.60 Å². The zero-order valence-corrected chi connectivity index (χ0v) is 8.45. The van der Waals surface area contributed by atoms with E-state index in [0.717, 1.165) is 5.75 Å². The van der Waals surface area contributed by atoms with Gasteiger partial charge in [-0.25, -0.2) is 0 Å². The molecule has 0 spiro atoms. The summed E-state index contributed by atoms with van der Waals surface area (Å²) in [5, 5.41) is 8.60. The van der Waals surface area contributed by atoms with Crippen LogP contribution in [0, 0.1) is 11.3 Å². The van der Waals surface area contributed by atoms with Crippen LogP contribution < -0.4 is 4.74 Å². The van der Waals surface area contributed by atoms with Crippen LogP contribution in [0.15, 0.2) is 36.9 Å². The predicted molar refractivity (Wildman–Crippen MR) is 56.1 cm³/mol.